The smallest absolute Gasteiger partial charge is 0.281 e. The van der Waals surface area contributed by atoms with E-state index in [1.54, 1.807) is 29.9 Å². The number of sulfonamides is 1. The molecule has 0 bridgehead atoms. The van der Waals surface area contributed by atoms with Crippen LogP contribution in [0.25, 0.3) is 28.2 Å². The predicted octanol–water partition coefficient (Wildman–Crippen LogP) is 2.19. The molecule has 4 aromatic rings. The Bertz CT molecular complexity index is 1650. The molecule has 0 atom stereocenters. The Morgan fingerprint density at radius 1 is 1.05 bits per heavy atom. The number of nitrogens with zero attached hydrogens (tertiary/aromatic N) is 7. The fourth-order valence-corrected chi connectivity index (χ4v) is 6.45. The van der Waals surface area contributed by atoms with E-state index in [1.807, 2.05) is 33.2 Å². The molecule has 0 aliphatic carbocycles. The van der Waals surface area contributed by atoms with Crippen LogP contribution in [0.1, 0.15) is 17.6 Å². The Labute approximate surface area is 219 Å². The highest BCUT2D eigenvalue weighted by Gasteiger charge is 2.29. The molecule has 13 heteroatoms. The molecule has 37 heavy (non-hydrogen) atoms. The number of hydrogen-bond acceptors (Lipinski definition) is 9. The number of rotatable bonds is 6. The highest BCUT2D eigenvalue weighted by atomic mass is 32.2. The van der Waals surface area contributed by atoms with E-state index in [-0.39, 0.29) is 16.0 Å². The molecular weight excluding hydrogens is 514 g/mol. The van der Waals surface area contributed by atoms with Gasteiger partial charge in [-0.3, -0.25) is 9.36 Å². The van der Waals surface area contributed by atoms with E-state index in [4.69, 9.17) is 9.72 Å². The number of hydrogen-bond donors (Lipinski definition) is 0. The molecule has 11 nitrogen and oxygen atoms in total. The molecule has 0 amide bonds. The largest absolute Gasteiger partial charge is 0.493 e. The van der Waals surface area contributed by atoms with Crippen LogP contribution < -0.4 is 10.3 Å². The van der Waals surface area contributed by atoms with Crippen LogP contribution in [0, 0.1) is 13.8 Å². The number of aryl methyl sites for hydroxylation is 2. The summed E-state index contributed by atoms with van der Waals surface area (Å²) in [4.78, 5) is 24.9. The summed E-state index contributed by atoms with van der Waals surface area (Å²) in [6.07, 6.45) is 0. The number of aromatic nitrogens is 5. The maximum Gasteiger partial charge on any atom is 0.281 e. The Morgan fingerprint density at radius 2 is 1.78 bits per heavy atom. The third-order valence-corrected chi connectivity index (χ3v) is 9.20. The molecule has 1 aliphatic rings. The van der Waals surface area contributed by atoms with Crippen LogP contribution in [-0.4, -0.2) is 81.8 Å². The molecule has 0 radical (unpaired) electrons. The molecule has 1 aliphatic heterocycles. The molecular formula is C24H29N7O4S2. The van der Waals surface area contributed by atoms with Gasteiger partial charge in [0.15, 0.2) is 11.3 Å². The van der Waals surface area contributed by atoms with Gasteiger partial charge < -0.3 is 9.64 Å². The van der Waals surface area contributed by atoms with Crippen molar-refractivity contribution in [2.45, 2.75) is 25.7 Å². The van der Waals surface area contributed by atoms with Crippen molar-refractivity contribution < 1.29 is 13.2 Å². The minimum atomic E-state index is -3.74. The van der Waals surface area contributed by atoms with Crippen molar-refractivity contribution in [1.29, 1.82) is 0 Å². The lowest BCUT2D eigenvalue weighted by molar-refractivity contribution is 0.222. The number of ether oxygens (including phenoxy) is 1. The van der Waals surface area contributed by atoms with Gasteiger partial charge >= 0.3 is 0 Å². The van der Waals surface area contributed by atoms with Crippen molar-refractivity contribution in [3.05, 3.63) is 44.6 Å². The van der Waals surface area contributed by atoms with E-state index >= 15 is 0 Å². The Kier molecular flexibility index (Phi) is 6.64. The lowest BCUT2D eigenvalue weighted by Gasteiger charge is -2.31. The standard InChI is InChI=1S/C24H29N7O4S2/c1-6-35-19-8-7-17(37(33,34)30-11-9-28(4)10-12-30)13-18(19)23-26-21-15(2)31(20-14-36-16(3)25-20)27-22(21)24(32)29(23)5/h7-8,13-14H,6,9-12H2,1-5H3. The molecule has 0 unspecified atom stereocenters. The maximum atomic E-state index is 13.5. The second kappa shape index (κ2) is 9.63. The van der Waals surface area contributed by atoms with E-state index < -0.39 is 10.0 Å². The first kappa shape index (κ1) is 25.5. The SMILES string of the molecule is CCOc1ccc(S(=O)(=O)N2CCN(C)CC2)cc1-c1nc2c(C)n(-c3csc(C)n3)nc2c(=O)n1C. The summed E-state index contributed by atoms with van der Waals surface area (Å²) in [5.41, 5.74) is 1.39. The first-order valence-corrected chi connectivity index (χ1v) is 14.3. The fraction of sp³-hybridized carbons (Fsp3) is 0.417. The second-order valence-corrected chi connectivity index (χ2v) is 12.0. The Balaban J connectivity index is 1.68. The first-order valence-electron chi connectivity index (χ1n) is 12.0. The van der Waals surface area contributed by atoms with E-state index in [2.05, 4.69) is 15.0 Å². The van der Waals surface area contributed by atoms with Gasteiger partial charge in [0.05, 0.1) is 27.8 Å². The fourth-order valence-electron chi connectivity index (χ4n) is 4.42. The molecule has 1 fully saturated rings. The zero-order valence-corrected chi connectivity index (χ0v) is 23.1. The van der Waals surface area contributed by atoms with Crippen molar-refractivity contribution in [3.63, 3.8) is 0 Å². The van der Waals surface area contributed by atoms with Gasteiger partial charge in [-0.15, -0.1) is 11.3 Å². The summed E-state index contributed by atoms with van der Waals surface area (Å²) < 4.78 is 37.3. The third kappa shape index (κ3) is 4.45. The van der Waals surface area contributed by atoms with Crippen LogP contribution in [0.5, 0.6) is 5.75 Å². The van der Waals surface area contributed by atoms with Crippen molar-refractivity contribution in [1.82, 2.24) is 33.5 Å². The summed E-state index contributed by atoms with van der Waals surface area (Å²) in [6, 6.07) is 4.73. The predicted molar refractivity (Wildman–Crippen MR) is 142 cm³/mol. The van der Waals surface area contributed by atoms with Crippen molar-refractivity contribution in [2.75, 3.05) is 39.8 Å². The van der Waals surface area contributed by atoms with Gasteiger partial charge in [-0.25, -0.2) is 23.1 Å². The van der Waals surface area contributed by atoms with Gasteiger partial charge in [0.1, 0.15) is 17.1 Å². The average molecular weight is 544 g/mol. The summed E-state index contributed by atoms with van der Waals surface area (Å²) in [5, 5.41) is 7.26. The average Bonchev–Trinajstić information content (AvgIpc) is 3.45. The first-order chi connectivity index (χ1) is 17.6. The van der Waals surface area contributed by atoms with Gasteiger partial charge in [0.25, 0.3) is 5.56 Å². The summed E-state index contributed by atoms with van der Waals surface area (Å²) in [5.74, 6) is 1.37. The minimum Gasteiger partial charge on any atom is -0.493 e. The Hall–Kier alpha value is -3.13. The van der Waals surface area contributed by atoms with Gasteiger partial charge in [-0.1, -0.05) is 0 Å². The van der Waals surface area contributed by atoms with E-state index in [9.17, 15) is 13.2 Å². The van der Waals surface area contributed by atoms with Gasteiger partial charge in [-0.05, 0) is 46.0 Å². The Morgan fingerprint density at radius 3 is 2.43 bits per heavy atom. The van der Waals surface area contributed by atoms with Crippen molar-refractivity contribution in [3.8, 4) is 23.0 Å². The number of fused-ring (bicyclic) bond motifs is 1. The van der Waals surface area contributed by atoms with Crippen LogP contribution in [0.15, 0.2) is 33.3 Å². The second-order valence-electron chi connectivity index (χ2n) is 9.02. The van der Waals surface area contributed by atoms with Gasteiger partial charge in [-0.2, -0.15) is 9.40 Å². The summed E-state index contributed by atoms with van der Waals surface area (Å²) >= 11 is 1.49. The monoisotopic (exact) mass is 543 g/mol. The molecule has 196 valence electrons. The number of thiazole rings is 1. The maximum absolute atomic E-state index is 13.5. The summed E-state index contributed by atoms with van der Waals surface area (Å²) in [6.45, 7) is 8.11. The lowest BCUT2D eigenvalue weighted by Crippen LogP contribution is -2.47. The van der Waals surface area contributed by atoms with Crippen LogP contribution in [0.2, 0.25) is 0 Å². The summed E-state index contributed by atoms with van der Waals surface area (Å²) in [7, 11) is -0.165. The normalized spacial score (nSPS) is 15.5. The zero-order valence-electron chi connectivity index (χ0n) is 21.4. The van der Waals surface area contributed by atoms with E-state index in [0.717, 1.165) is 5.01 Å². The molecule has 1 saturated heterocycles. The molecule has 0 spiro atoms. The van der Waals surface area contributed by atoms with Gasteiger partial charge in [0.2, 0.25) is 10.0 Å². The highest BCUT2D eigenvalue weighted by molar-refractivity contribution is 7.89. The van der Waals surface area contributed by atoms with E-state index in [1.165, 1.54) is 20.2 Å². The highest BCUT2D eigenvalue weighted by Crippen LogP contribution is 2.33. The quantitative estimate of drug-likeness (QED) is 0.364. The van der Waals surface area contributed by atoms with Crippen LogP contribution in [-0.2, 0) is 17.1 Å². The van der Waals surface area contributed by atoms with Crippen molar-refractivity contribution in [2.24, 2.45) is 7.05 Å². The number of likely N-dealkylation sites (N-methyl/N-ethyl adjacent to an activating group) is 1. The molecule has 0 saturated carbocycles. The number of benzene rings is 1. The van der Waals surface area contributed by atoms with Crippen LogP contribution in [0.3, 0.4) is 0 Å². The molecule has 0 N–H and O–H groups in total. The van der Waals surface area contributed by atoms with Crippen LogP contribution >= 0.6 is 11.3 Å². The van der Waals surface area contributed by atoms with Crippen molar-refractivity contribution >= 4 is 32.4 Å². The topological polar surface area (TPSA) is 115 Å². The molecule has 5 rings (SSSR count). The molecule has 3 aromatic heterocycles. The lowest BCUT2D eigenvalue weighted by atomic mass is 10.1. The number of piperazine rings is 1. The third-order valence-electron chi connectivity index (χ3n) is 6.54. The minimum absolute atomic E-state index is 0.134. The molecule has 1 aromatic carbocycles. The zero-order chi connectivity index (χ0) is 26.5. The van der Waals surface area contributed by atoms with Gasteiger partial charge in [0, 0.05) is 38.6 Å². The van der Waals surface area contributed by atoms with Crippen LogP contribution in [0.4, 0.5) is 0 Å². The van der Waals surface area contributed by atoms with E-state index in [0.29, 0.717) is 67.0 Å². The molecule has 4 heterocycles.